The Hall–Kier alpha value is -0.560. The fraction of sp³-hybridized carbons (Fsp3) is 0.778. The molecular weight excluding hydrogens is 156 g/mol. The molecule has 0 saturated carbocycles. The van der Waals surface area contributed by atoms with Crippen LogP contribution in [0.25, 0.3) is 0 Å². The largest absolute Gasteiger partial charge is 0.384 e. The summed E-state index contributed by atoms with van der Waals surface area (Å²) in [6, 6.07) is 0. The van der Waals surface area contributed by atoms with Crippen LogP contribution in [0.15, 0.2) is 0 Å². The van der Waals surface area contributed by atoms with Gasteiger partial charge in [-0.1, -0.05) is 11.8 Å². The maximum absolute atomic E-state index is 8.34. The first-order valence-corrected chi connectivity index (χ1v) is 4.23. The van der Waals surface area contributed by atoms with Gasteiger partial charge in [0.1, 0.15) is 13.2 Å². The molecule has 1 aliphatic heterocycles. The SMILES string of the molecule is OCC#CCOC1CCCCO1. The molecule has 1 atom stereocenters. The van der Waals surface area contributed by atoms with Crippen molar-refractivity contribution in [2.24, 2.45) is 0 Å². The van der Waals surface area contributed by atoms with Crippen LogP contribution in [0.4, 0.5) is 0 Å². The summed E-state index contributed by atoms with van der Waals surface area (Å²) in [5.41, 5.74) is 0. The van der Waals surface area contributed by atoms with E-state index in [1.54, 1.807) is 0 Å². The summed E-state index contributed by atoms with van der Waals surface area (Å²) in [5, 5.41) is 8.34. The van der Waals surface area contributed by atoms with Gasteiger partial charge in [-0.15, -0.1) is 0 Å². The number of hydrogen-bond donors (Lipinski definition) is 1. The molecular formula is C9H14O3. The lowest BCUT2D eigenvalue weighted by Crippen LogP contribution is -2.22. The maximum atomic E-state index is 8.34. The average molecular weight is 170 g/mol. The van der Waals surface area contributed by atoms with Crippen molar-refractivity contribution in [2.75, 3.05) is 19.8 Å². The third-order valence-electron chi connectivity index (χ3n) is 1.68. The first-order chi connectivity index (χ1) is 5.93. The zero-order valence-corrected chi connectivity index (χ0v) is 7.08. The molecule has 1 rings (SSSR count). The maximum Gasteiger partial charge on any atom is 0.158 e. The van der Waals surface area contributed by atoms with Crippen LogP contribution in [0, 0.1) is 11.8 Å². The van der Waals surface area contributed by atoms with Crippen LogP contribution >= 0.6 is 0 Å². The normalized spacial score (nSPS) is 22.9. The van der Waals surface area contributed by atoms with Gasteiger partial charge in [0.15, 0.2) is 6.29 Å². The Bertz CT molecular complexity index is 162. The molecule has 1 heterocycles. The molecule has 3 heteroatoms. The molecule has 1 saturated heterocycles. The van der Waals surface area contributed by atoms with Gasteiger partial charge in [-0.2, -0.15) is 0 Å². The van der Waals surface area contributed by atoms with Crippen molar-refractivity contribution in [3.8, 4) is 11.8 Å². The summed E-state index contributed by atoms with van der Waals surface area (Å²) in [6.45, 7) is 1.04. The summed E-state index contributed by atoms with van der Waals surface area (Å²) in [4.78, 5) is 0. The van der Waals surface area contributed by atoms with Crippen LogP contribution in [0.3, 0.4) is 0 Å². The van der Waals surface area contributed by atoms with Crippen LogP contribution in [-0.2, 0) is 9.47 Å². The molecule has 0 bridgehead atoms. The highest BCUT2D eigenvalue weighted by Crippen LogP contribution is 2.12. The van der Waals surface area contributed by atoms with Crippen LogP contribution in [-0.4, -0.2) is 31.2 Å². The third kappa shape index (κ3) is 3.72. The van der Waals surface area contributed by atoms with Gasteiger partial charge in [0.25, 0.3) is 0 Å². The van der Waals surface area contributed by atoms with E-state index in [1.165, 1.54) is 0 Å². The molecule has 0 aromatic carbocycles. The number of aliphatic hydroxyl groups is 1. The van der Waals surface area contributed by atoms with Crippen molar-refractivity contribution < 1.29 is 14.6 Å². The van der Waals surface area contributed by atoms with Crippen LogP contribution in [0.5, 0.6) is 0 Å². The van der Waals surface area contributed by atoms with Gasteiger partial charge in [-0.05, 0) is 19.3 Å². The van der Waals surface area contributed by atoms with Gasteiger partial charge in [0, 0.05) is 6.61 Å². The minimum atomic E-state index is -0.102. The zero-order valence-electron chi connectivity index (χ0n) is 7.08. The number of aliphatic hydroxyl groups excluding tert-OH is 1. The van der Waals surface area contributed by atoms with E-state index in [9.17, 15) is 0 Å². The highest BCUT2D eigenvalue weighted by molar-refractivity contribution is 4.98. The molecule has 0 spiro atoms. The van der Waals surface area contributed by atoms with Gasteiger partial charge in [0.05, 0.1) is 0 Å². The molecule has 12 heavy (non-hydrogen) atoms. The van der Waals surface area contributed by atoms with Crippen molar-refractivity contribution in [1.82, 2.24) is 0 Å². The van der Waals surface area contributed by atoms with Crippen molar-refractivity contribution in [1.29, 1.82) is 0 Å². The lowest BCUT2D eigenvalue weighted by Gasteiger charge is -2.21. The molecule has 0 amide bonds. The quantitative estimate of drug-likeness (QED) is 0.614. The number of ether oxygens (including phenoxy) is 2. The topological polar surface area (TPSA) is 38.7 Å². The molecule has 1 fully saturated rings. The van der Waals surface area contributed by atoms with E-state index in [4.69, 9.17) is 14.6 Å². The standard InChI is InChI=1S/C9H14O3/c10-6-2-4-8-12-9-5-1-3-7-11-9/h9-10H,1,3,5-8H2. The summed E-state index contributed by atoms with van der Waals surface area (Å²) in [7, 11) is 0. The minimum Gasteiger partial charge on any atom is -0.384 e. The molecule has 0 aromatic rings. The molecule has 3 nitrogen and oxygen atoms in total. The van der Waals surface area contributed by atoms with E-state index in [0.29, 0.717) is 6.61 Å². The van der Waals surface area contributed by atoms with Crippen LogP contribution < -0.4 is 0 Å². The molecule has 1 N–H and O–H groups in total. The van der Waals surface area contributed by atoms with E-state index in [0.717, 1.165) is 25.9 Å². The van der Waals surface area contributed by atoms with Gasteiger partial charge >= 0.3 is 0 Å². The molecule has 0 aromatic heterocycles. The first-order valence-electron chi connectivity index (χ1n) is 4.23. The number of rotatable bonds is 2. The Morgan fingerprint density at radius 1 is 1.42 bits per heavy atom. The number of hydrogen-bond acceptors (Lipinski definition) is 3. The van der Waals surface area contributed by atoms with Crippen LogP contribution in [0.1, 0.15) is 19.3 Å². The molecule has 0 aliphatic carbocycles. The lowest BCUT2D eigenvalue weighted by molar-refractivity contribution is -0.154. The van der Waals surface area contributed by atoms with E-state index in [1.807, 2.05) is 0 Å². The van der Waals surface area contributed by atoms with E-state index in [-0.39, 0.29) is 12.9 Å². The third-order valence-corrected chi connectivity index (χ3v) is 1.68. The van der Waals surface area contributed by atoms with Crippen molar-refractivity contribution in [2.45, 2.75) is 25.6 Å². The van der Waals surface area contributed by atoms with Gasteiger partial charge < -0.3 is 14.6 Å². The van der Waals surface area contributed by atoms with Crippen molar-refractivity contribution in [3.63, 3.8) is 0 Å². The monoisotopic (exact) mass is 170 g/mol. The first kappa shape index (κ1) is 9.53. The Balaban J connectivity index is 2.05. The Labute approximate surface area is 72.7 Å². The molecule has 68 valence electrons. The average Bonchev–Trinajstić information content (AvgIpc) is 2.14. The molecule has 1 aliphatic rings. The fourth-order valence-corrected chi connectivity index (χ4v) is 1.08. The Kier molecular flexibility index (Phi) is 4.77. The summed E-state index contributed by atoms with van der Waals surface area (Å²) in [5.74, 6) is 5.19. The predicted octanol–water partition coefficient (Wildman–Crippen LogP) is 0.525. The summed E-state index contributed by atoms with van der Waals surface area (Å²) in [6.07, 6.45) is 3.17. The van der Waals surface area contributed by atoms with Gasteiger partial charge in [-0.25, -0.2) is 0 Å². The summed E-state index contributed by atoms with van der Waals surface area (Å²) >= 11 is 0. The van der Waals surface area contributed by atoms with Crippen molar-refractivity contribution >= 4 is 0 Å². The zero-order chi connectivity index (χ0) is 8.65. The smallest absolute Gasteiger partial charge is 0.158 e. The minimum absolute atomic E-state index is 0.0771. The summed E-state index contributed by atoms with van der Waals surface area (Å²) < 4.78 is 10.6. The van der Waals surface area contributed by atoms with Crippen molar-refractivity contribution in [3.05, 3.63) is 0 Å². The van der Waals surface area contributed by atoms with E-state index >= 15 is 0 Å². The van der Waals surface area contributed by atoms with E-state index in [2.05, 4.69) is 11.8 Å². The second-order valence-corrected chi connectivity index (χ2v) is 2.62. The lowest BCUT2D eigenvalue weighted by atomic mass is 10.2. The van der Waals surface area contributed by atoms with Gasteiger partial charge in [0.2, 0.25) is 0 Å². The second-order valence-electron chi connectivity index (χ2n) is 2.62. The van der Waals surface area contributed by atoms with Gasteiger partial charge in [-0.3, -0.25) is 0 Å². The Morgan fingerprint density at radius 3 is 3.00 bits per heavy atom. The Morgan fingerprint density at radius 2 is 2.33 bits per heavy atom. The molecule has 0 radical (unpaired) electrons. The second kappa shape index (κ2) is 6.01. The van der Waals surface area contributed by atoms with Crippen LogP contribution in [0.2, 0.25) is 0 Å². The highest BCUT2D eigenvalue weighted by atomic mass is 16.7. The highest BCUT2D eigenvalue weighted by Gasteiger charge is 2.12. The van der Waals surface area contributed by atoms with E-state index < -0.39 is 0 Å². The molecule has 1 unspecified atom stereocenters. The fourth-order valence-electron chi connectivity index (χ4n) is 1.08. The predicted molar refractivity (Wildman–Crippen MR) is 44.4 cm³/mol.